The fourth-order valence-electron chi connectivity index (χ4n) is 15.6. The monoisotopic (exact) mass is 835 g/mol. The van der Waals surface area contributed by atoms with Gasteiger partial charge < -0.3 is 9.47 Å². The maximum atomic E-state index is 6.58. The van der Waals surface area contributed by atoms with E-state index in [0.717, 1.165) is 96.8 Å². The van der Waals surface area contributed by atoms with Gasteiger partial charge in [-0.3, -0.25) is 9.80 Å². The molecule has 0 amide bonds. The van der Waals surface area contributed by atoms with Gasteiger partial charge in [0.2, 0.25) is 0 Å². The molecule has 60 heavy (non-hydrogen) atoms. The Kier molecular flexibility index (Phi) is 17.1. The highest BCUT2D eigenvalue weighted by Gasteiger charge is 2.60. The minimum atomic E-state index is 0.389. The van der Waals surface area contributed by atoms with Gasteiger partial charge in [-0.1, -0.05) is 82.1 Å². The molecule has 0 aromatic carbocycles. The van der Waals surface area contributed by atoms with Crippen LogP contribution >= 0.6 is 0 Å². The average molecular weight is 835 g/mol. The van der Waals surface area contributed by atoms with E-state index in [2.05, 4.69) is 79.0 Å². The largest absolute Gasteiger partial charge is 0.378 e. The first-order chi connectivity index (χ1) is 28.8. The van der Waals surface area contributed by atoms with E-state index in [1.54, 1.807) is 0 Å². The number of rotatable bonds is 14. The van der Waals surface area contributed by atoms with Gasteiger partial charge in [0.1, 0.15) is 0 Å². The molecule has 7 aliphatic carbocycles. The molecule has 0 spiro atoms. The number of unbranched alkanes of at least 4 members (excludes halogenated alkanes) is 2. The van der Waals surface area contributed by atoms with E-state index in [1.807, 2.05) is 0 Å². The molecule has 0 N–H and O–H groups in total. The van der Waals surface area contributed by atoms with Crippen molar-refractivity contribution in [3.63, 3.8) is 0 Å². The molecule has 0 aromatic rings. The fraction of sp³-hybridized carbons (Fsp3) is 1.00. The highest BCUT2D eigenvalue weighted by molar-refractivity contribution is 5.12. The Morgan fingerprint density at radius 1 is 0.400 bits per heavy atom. The second kappa shape index (κ2) is 21.4. The van der Waals surface area contributed by atoms with E-state index in [-0.39, 0.29) is 0 Å². The van der Waals surface area contributed by atoms with Crippen molar-refractivity contribution in [3.05, 3.63) is 0 Å². The van der Waals surface area contributed by atoms with Crippen LogP contribution in [0, 0.1) is 58.2 Å². The zero-order valence-corrected chi connectivity index (χ0v) is 41.7. The smallest absolute Gasteiger partial charge is 0.0576 e. The summed E-state index contributed by atoms with van der Waals surface area (Å²) in [5, 5.41) is 0. The Balaban J connectivity index is 1.28. The van der Waals surface area contributed by atoms with Crippen LogP contribution in [0.15, 0.2) is 0 Å². The van der Waals surface area contributed by atoms with Crippen LogP contribution in [-0.4, -0.2) is 71.5 Å². The second-order valence-corrected chi connectivity index (χ2v) is 25.4. The zero-order valence-electron chi connectivity index (χ0n) is 41.7. The van der Waals surface area contributed by atoms with E-state index in [1.165, 1.54) is 167 Å². The lowest BCUT2D eigenvalue weighted by molar-refractivity contribution is -0.168. The second-order valence-electron chi connectivity index (χ2n) is 25.4. The Bertz CT molecular complexity index is 1140. The predicted molar refractivity (Wildman–Crippen MR) is 255 cm³/mol. The number of nitrogens with zero attached hydrogens (tertiary/aromatic N) is 2. The molecule has 8 atom stereocenters. The van der Waals surface area contributed by atoms with Crippen molar-refractivity contribution in [1.82, 2.24) is 9.80 Å². The summed E-state index contributed by atoms with van der Waals surface area (Å²) >= 11 is 0. The van der Waals surface area contributed by atoms with Gasteiger partial charge in [0.05, 0.1) is 12.2 Å². The molecule has 7 rings (SSSR count). The van der Waals surface area contributed by atoms with Crippen LogP contribution in [0.25, 0.3) is 0 Å². The Morgan fingerprint density at radius 2 is 0.717 bits per heavy atom. The summed E-state index contributed by atoms with van der Waals surface area (Å²) in [5.41, 5.74) is 0.778. The van der Waals surface area contributed by atoms with Crippen molar-refractivity contribution in [3.8, 4) is 0 Å². The first-order valence-corrected chi connectivity index (χ1v) is 27.5. The maximum Gasteiger partial charge on any atom is 0.0576 e. The summed E-state index contributed by atoms with van der Waals surface area (Å²) in [4.78, 5) is 6.90. The maximum absolute atomic E-state index is 6.58. The number of fused-ring (bicyclic) bond motifs is 2. The summed E-state index contributed by atoms with van der Waals surface area (Å²) in [7, 11) is 0. The van der Waals surface area contributed by atoms with Crippen molar-refractivity contribution in [2.45, 2.75) is 285 Å². The van der Waals surface area contributed by atoms with Crippen molar-refractivity contribution in [2.24, 2.45) is 58.2 Å². The summed E-state index contributed by atoms with van der Waals surface area (Å²) in [5.74, 6) is 6.90. The van der Waals surface area contributed by atoms with Crippen molar-refractivity contribution >= 4 is 0 Å². The quantitative estimate of drug-likeness (QED) is 0.163. The van der Waals surface area contributed by atoms with Crippen LogP contribution in [0.2, 0.25) is 0 Å². The Labute approximate surface area is 374 Å². The third kappa shape index (κ3) is 11.4. The number of ether oxygens (including phenoxy) is 2. The van der Waals surface area contributed by atoms with Crippen LogP contribution in [0.4, 0.5) is 0 Å². The standard InChI is InChI=1S/C56H102N2O2/c1-11-13-35-59-47-29-25-45(26-30-47)57(43-21-15-39(3)16-22-43)53-49-33-19-42(56(8,9)10)38-52(49)54(50-34-20-41(37-51(50)53)55(5,6)7)58(44-23-17-40(4)18-24-44)46-27-31-48(32-28-46)60-36-14-12-2/h39-54H,11-38H2,1-10H3. The third-order valence-corrected chi connectivity index (χ3v) is 19.5. The van der Waals surface area contributed by atoms with E-state index in [0.29, 0.717) is 23.0 Å². The summed E-state index contributed by atoms with van der Waals surface area (Å²) < 4.78 is 13.2. The molecule has 8 unspecified atom stereocenters. The summed E-state index contributed by atoms with van der Waals surface area (Å²) in [6, 6.07) is 4.65. The lowest BCUT2D eigenvalue weighted by atomic mass is 9.49. The minimum Gasteiger partial charge on any atom is -0.378 e. The van der Waals surface area contributed by atoms with Crippen molar-refractivity contribution < 1.29 is 9.47 Å². The zero-order chi connectivity index (χ0) is 42.6. The van der Waals surface area contributed by atoms with Crippen LogP contribution < -0.4 is 0 Å². The van der Waals surface area contributed by atoms with E-state index < -0.39 is 0 Å². The van der Waals surface area contributed by atoms with Crippen molar-refractivity contribution in [2.75, 3.05) is 13.2 Å². The van der Waals surface area contributed by atoms with Crippen LogP contribution in [0.1, 0.15) is 236 Å². The first-order valence-electron chi connectivity index (χ1n) is 27.5. The normalized spacial score (nSPS) is 42.2. The lowest BCUT2D eigenvalue weighted by Crippen LogP contribution is -2.70. The third-order valence-electron chi connectivity index (χ3n) is 19.5. The Morgan fingerprint density at radius 3 is 1.02 bits per heavy atom. The van der Waals surface area contributed by atoms with Gasteiger partial charge in [-0.2, -0.15) is 0 Å². The highest BCUT2D eigenvalue weighted by atomic mass is 16.5. The molecule has 0 heterocycles. The molecular formula is C56H102N2O2. The fourth-order valence-corrected chi connectivity index (χ4v) is 15.6. The molecule has 0 aromatic heterocycles. The molecule has 4 heteroatoms. The average Bonchev–Trinajstić information content (AvgIpc) is 3.23. The molecule has 0 bridgehead atoms. The summed E-state index contributed by atoms with van der Waals surface area (Å²) in [6.07, 6.45) is 37.1. The number of hydrogen-bond acceptors (Lipinski definition) is 4. The molecular weight excluding hydrogens is 733 g/mol. The van der Waals surface area contributed by atoms with Gasteiger partial charge in [0.25, 0.3) is 0 Å². The van der Waals surface area contributed by atoms with Crippen LogP contribution in [-0.2, 0) is 9.47 Å². The van der Waals surface area contributed by atoms with Gasteiger partial charge in [-0.05, 0) is 212 Å². The van der Waals surface area contributed by atoms with Crippen LogP contribution in [0.5, 0.6) is 0 Å². The molecule has 0 saturated heterocycles. The minimum absolute atomic E-state index is 0.389. The molecule has 4 nitrogen and oxygen atoms in total. The van der Waals surface area contributed by atoms with E-state index in [9.17, 15) is 0 Å². The predicted octanol–water partition coefficient (Wildman–Crippen LogP) is 14.9. The Hall–Kier alpha value is -0.160. The van der Waals surface area contributed by atoms with Gasteiger partial charge in [-0.15, -0.1) is 0 Å². The lowest BCUT2D eigenvalue weighted by Gasteiger charge is -2.66. The topological polar surface area (TPSA) is 24.9 Å². The van der Waals surface area contributed by atoms with Gasteiger partial charge in [0, 0.05) is 49.5 Å². The first kappa shape index (κ1) is 47.8. The highest BCUT2D eigenvalue weighted by Crippen LogP contribution is 2.60. The van der Waals surface area contributed by atoms with Gasteiger partial charge in [0.15, 0.2) is 0 Å². The molecule has 7 saturated carbocycles. The van der Waals surface area contributed by atoms with E-state index in [4.69, 9.17) is 9.47 Å². The van der Waals surface area contributed by atoms with Gasteiger partial charge in [-0.25, -0.2) is 0 Å². The molecule has 7 aliphatic rings. The van der Waals surface area contributed by atoms with Crippen molar-refractivity contribution in [1.29, 1.82) is 0 Å². The number of hydrogen-bond donors (Lipinski definition) is 0. The van der Waals surface area contributed by atoms with Gasteiger partial charge >= 0.3 is 0 Å². The van der Waals surface area contributed by atoms with E-state index >= 15 is 0 Å². The molecule has 0 radical (unpaired) electrons. The SMILES string of the molecule is CCCCOC1CCC(N(C2CCC(C)CC2)C2C3CCC(C(C)(C)C)CC3C(N(C3CCC(C)CC3)C3CCC(OCCCC)CC3)C3CCC(C(C)(C)C)CC32)CC1. The molecule has 7 fully saturated rings. The molecule has 348 valence electrons. The van der Waals surface area contributed by atoms with Crippen LogP contribution in [0.3, 0.4) is 0 Å². The molecule has 0 aliphatic heterocycles. The summed E-state index contributed by atoms with van der Waals surface area (Å²) in [6.45, 7) is 27.4.